The average molecular weight is 347 g/mol. The van der Waals surface area contributed by atoms with E-state index in [9.17, 15) is 4.79 Å². The number of methoxy groups -OCH3 is 1. The third-order valence-corrected chi connectivity index (χ3v) is 4.05. The maximum absolute atomic E-state index is 12.7. The van der Waals surface area contributed by atoms with E-state index >= 15 is 0 Å². The Labute approximate surface area is 151 Å². The average Bonchev–Trinajstić information content (AvgIpc) is 2.97. The summed E-state index contributed by atoms with van der Waals surface area (Å²) in [5, 5.41) is 8.97. The molecule has 0 aliphatic rings. The summed E-state index contributed by atoms with van der Waals surface area (Å²) in [6.45, 7) is 3.77. The van der Waals surface area contributed by atoms with Crippen molar-refractivity contribution in [3.05, 3.63) is 71.3 Å². The van der Waals surface area contributed by atoms with Crippen molar-refractivity contribution in [3.8, 4) is 23.3 Å². The van der Waals surface area contributed by atoms with Gasteiger partial charge in [0.25, 0.3) is 0 Å². The molecule has 0 saturated carbocycles. The van der Waals surface area contributed by atoms with Crippen LogP contribution in [-0.2, 0) is 0 Å². The number of hydrogen-bond acceptors (Lipinski definition) is 5. The van der Waals surface area contributed by atoms with Crippen LogP contribution in [-0.4, -0.2) is 22.6 Å². The summed E-state index contributed by atoms with van der Waals surface area (Å²) >= 11 is 0. The van der Waals surface area contributed by atoms with E-state index in [1.807, 2.05) is 36.6 Å². The number of aryl methyl sites for hydroxylation is 1. The van der Waals surface area contributed by atoms with Gasteiger partial charge in [-0.3, -0.25) is 4.98 Å². The molecule has 0 unspecified atom stereocenters. The van der Waals surface area contributed by atoms with Crippen LogP contribution >= 0.6 is 0 Å². The van der Waals surface area contributed by atoms with Crippen molar-refractivity contribution in [2.75, 3.05) is 7.11 Å². The van der Waals surface area contributed by atoms with Crippen LogP contribution in [0.5, 0.6) is 11.5 Å². The van der Waals surface area contributed by atoms with E-state index in [2.05, 4.69) is 4.98 Å². The van der Waals surface area contributed by atoms with Crippen LogP contribution in [0.25, 0.3) is 5.69 Å². The molecule has 2 heterocycles. The molecule has 0 aliphatic heterocycles. The maximum atomic E-state index is 12.7. The Morgan fingerprint density at radius 3 is 2.65 bits per heavy atom. The molecule has 0 atom stereocenters. The minimum atomic E-state index is -0.490. The predicted molar refractivity (Wildman–Crippen MR) is 95.7 cm³/mol. The van der Waals surface area contributed by atoms with Crippen LogP contribution in [0.3, 0.4) is 0 Å². The molecule has 0 bridgehead atoms. The monoisotopic (exact) mass is 347 g/mol. The quantitative estimate of drug-likeness (QED) is 0.532. The van der Waals surface area contributed by atoms with Crippen LogP contribution in [0.15, 0.2) is 48.8 Å². The summed E-state index contributed by atoms with van der Waals surface area (Å²) in [6.07, 6.45) is 3.43. The van der Waals surface area contributed by atoms with Crippen LogP contribution in [0.4, 0.5) is 0 Å². The number of benzene rings is 1. The molecule has 0 spiro atoms. The van der Waals surface area contributed by atoms with E-state index < -0.39 is 5.97 Å². The van der Waals surface area contributed by atoms with Crippen LogP contribution in [0, 0.1) is 25.2 Å². The Morgan fingerprint density at radius 1 is 1.19 bits per heavy atom. The zero-order valence-electron chi connectivity index (χ0n) is 14.7. The van der Waals surface area contributed by atoms with Crippen molar-refractivity contribution in [2.45, 2.75) is 13.8 Å². The Balaban J connectivity index is 1.94. The summed E-state index contributed by atoms with van der Waals surface area (Å²) in [5.41, 5.74) is 3.41. The Morgan fingerprint density at radius 2 is 2.00 bits per heavy atom. The van der Waals surface area contributed by atoms with Crippen LogP contribution < -0.4 is 9.47 Å². The number of esters is 1. The van der Waals surface area contributed by atoms with E-state index in [1.165, 1.54) is 13.2 Å². The summed E-state index contributed by atoms with van der Waals surface area (Å²) in [4.78, 5) is 16.8. The standard InChI is InChI=1S/C20H17N3O3/c1-13-9-17(14(2)23(13)16-5-4-8-22-12-16)20(24)26-18-7-6-15(11-21)10-19(18)25-3/h4-10,12H,1-3H3. The van der Waals surface area contributed by atoms with Gasteiger partial charge in [0.2, 0.25) is 0 Å². The molecule has 1 aromatic carbocycles. The number of carbonyl (C=O) groups is 1. The number of ether oxygens (including phenoxy) is 2. The molecular weight excluding hydrogens is 330 g/mol. The topological polar surface area (TPSA) is 77.1 Å². The summed E-state index contributed by atoms with van der Waals surface area (Å²) in [5.74, 6) is 0.109. The van der Waals surface area contributed by atoms with Crippen LogP contribution in [0.1, 0.15) is 27.3 Å². The lowest BCUT2D eigenvalue weighted by molar-refractivity contribution is 0.0729. The van der Waals surface area contributed by atoms with Gasteiger partial charge in [0.05, 0.1) is 36.2 Å². The first kappa shape index (κ1) is 17.2. The highest BCUT2D eigenvalue weighted by Crippen LogP contribution is 2.29. The molecule has 3 aromatic rings. The van der Waals surface area contributed by atoms with Gasteiger partial charge in [0.15, 0.2) is 11.5 Å². The molecule has 0 saturated heterocycles. The molecular formula is C20H17N3O3. The first-order chi connectivity index (χ1) is 12.5. The highest BCUT2D eigenvalue weighted by atomic mass is 16.6. The SMILES string of the molecule is COc1cc(C#N)ccc1OC(=O)c1cc(C)n(-c2cccnc2)c1C. The second-order valence-electron chi connectivity index (χ2n) is 5.70. The highest BCUT2D eigenvalue weighted by molar-refractivity contribution is 5.93. The number of nitriles is 1. The minimum absolute atomic E-state index is 0.266. The fraction of sp³-hybridized carbons (Fsp3) is 0.150. The third-order valence-electron chi connectivity index (χ3n) is 4.05. The summed E-state index contributed by atoms with van der Waals surface area (Å²) in [7, 11) is 1.46. The minimum Gasteiger partial charge on any atom is -0.493 e. The molecule has 6 nitrogen and oxygen atoms in total. The van der Waals surface area contributed by atoms with Gasteiger partial charge in [-0.05, 0) is 44.2 Å². The summed E-state index contributed by atoms with van der Waals surface area (Å²) < 4.78 is 12.7. The van der Waals surface area contributed by atoms with Crippen molar-refractivity contribution >= 4 is 5.97 Å². The van der Waals surface area contributed by atoms with Crippen molar-refractivity contribution < 1.29 is 14.3 Å². The van der Waals surface area contributed by atoms with Crippen molar-refractivity contribution in [1.29, 1.82) is 5.26 Å². The zero-order chi connectivity index (χ0) is 18.7. The van der Waals surface area contributed by atoms with Gasteiger partial charge in [-0.25, -0.2) is 4.79 Å². The number of aromatic nitrogens is 2. The fourth-order valence-electron chi connectivity index (χ4n) is 2.83. The van der Waals surface area contributed by atoms with Gasteiger partial charge in [-0.1, -0.05) is 0 Å². The molecule has 0 fully saturated rings. The maximum Gasteiger partial charge on any atom is 0.345 e. The van der Waals surface area contributed by atoms with Gasteiger partial charge < -0.3 is 14.0 Å². The Hall–Kier alpha value is -3.59. The number of rotatable bonds is 4. The number of hydrogen-bond donors (Lipinski definition) is 0. The van der Waals surface area contributed by atoms with E-state index in [0.29, 0.717) is 16.9 Å². The second-order valence-corrected chi connectivity index (χ2v) is 5.70. The largest absolute Gasteiger partial charge is 0.493 e. The molecule has 130 valence electrons. The molecule has 0 amide bonds. The Kier molecular flexibility index (Phi) is 4.72. The van der Waals surface area contributed by atoms with E-state index in [4.69, 9.17) is 14.7 Å². The Bertz CT molecular complexity index is 1000. The van der Waals surface area contributed by atoms with E-state index in [-0.39, 0.29) is 5.75 Å². The predicted octanol–water partition coefficient (Wildman–Crippen LogP) is 3.59. The van der Waals surface area contributed by atoms with Gasteiger partial charge in [0.1, 0.15) is 0 Å². The van der Waals surface area contributed by atoms with Gasteiger partial charge in [0, 0.05) is 23.7 Å². The first-order valence-corrected chi connectivity index (χ1v) is 7.94. The number of nitrogens with zero attached hydrogens (tertiary/aromatic N) is 3. The molecule has 3 rings (SSSR count). The molecule has 2 aromatic heterocycles. The van der Waals surface area contributed by atoms with Gasteiger partial charge in [-0.15, -0.1) is 0 Å². The van der Waals surface area contributed by atoms with Crippen LogP contribution in [0.2, 0.25) is 0 Å². The lowest BCUT2D eigenvalue weighted by Crippen LogP contribution is -2.11. The van der Waals surface area contributed by atoms with Crippen molar-refractivity contribution in [3.63, 3.8) is 0 Å². The molecule has 0 aliphatic carbocycles. The summed E-state index contributed by atoms with van der Waals surface area (Å²) in [6, 6.07) is 12.2. The van der Waals surface area contributed by atoms with E-state index in [0.717, 1.165) is 17.1 Å². The normalized spacial score (nSPS) is 10.2. The van der Waals surface area contributed by atoms with Crippen molar-refractivity contribution in [2.24, 2.45) is 0 Å². The molecule has 6 heteroatoms. The van der Waals surface area contributed by atoms with E-state index in [1.54, 1.807) is 30.6 Å². The smallest absolute Gasteiger partial charge is 0.345 e. The number of carbonyl (C=O) groups excluding carboxylic acids is 1. The van der Waals surface area contributed by atoms with Gasteiger partial charge in [-0.2, -0.15) is 5.26 Å². The van der Waals surface area contributed by atoms with Gasteiger partial charge >= 0.3 is 5.97 Å². The van der Waals surface area contributed by atoms with Crippen molar-refractivity contribution in [1.82, 2.24) is 9.55 Å². The molecule has 0 radical (unpaired) electrons. The fourth-order valence-corrected chi connectivity index (χ4v) is 2.83. The second kappa shape index (κ2) is 7.11. The third kappa shape index (κ3) is 3.15. The zero-order valence-corrected chi connectivity index (χ0v) is 14.7. The lowest BCUT2D eigenvalue weighted by Gasteiger charge is -2.10. The molecule has 26 heavy (non-hydrogen) atoms. The first-order valence-electron chi connectivity index (χ1n) is 7.94. The lowest BCUT2D eigenvalue weighted by atomic mass is 10.2. The molecule has 0 N–H and O–H groups in total. The number of pyridine rings is 1. The highest BCUT2D eigenvalue weighted by Gasteiger charge is 2.20.